The van der Waals surface area contributed by atoms with E-state index in [0.29, 0.717) is 12.2 Å². The van der Waals surface area contributed by atoms with Crippen LogP contribution in [0.25, 0.3) is 11.3 Å². The Kier molecular flexibility index (Phi) is 5.66. The van der Waals surface area contributed by atoms with E-state index < -0.39 is 0 Å². The molecule has 0 saturated heterocycles. The zero-order valence-corrected chi connectivity index (χ0v) is 15.3. The van der Waals surface area contributed by atoms with Crippen LogP contribution in [0.4, 0.5) is 0 Å². The van der Waals surface area contributed by atoms with E-state index in [2.05, 4.69) is 10.3 Å². The van der Waals surface area contributed by atoms with E-state index in [-0.39, 0.29) is 18.0 Å². The number of hydrogen-bond donors (Lipinski definition) is 1. The highest BCUT2D eigenvalue weighted by atomic mass is 16.5. The van der Waals surface area contributed by atoms with Crippen LogP contribution < -0.4 is 15.6 Å². The fourth-order valence-electron chi connectivity index (χ4n) is 2.62. The summed E-state index contributed by atoms with van der Waals surface area (Å²) in [5, 5.41) is 2.80. The van der Waals surface area contributed by atoms with Crippen molar-refractivity contribution in [1.82, 2.24) is 14.9 Å². The Morgan fingerprint density at radius 1 is 1.15 bits per heavy atom. The van der Waals surface area contributed by atoms with Crippen LogP contribution in [0.15, 0.2) is 65.7 Å². The van der Waals surface area contributed by atoms with Gasteiger partial charge < -0.3 is 10.1 Å². The summed E-state index contributed by atoms with van der Waals surface area (Å²) in [4.78, 5) is 28.8. The zero-order chi connectivity index (χ0) is 19.2. The van der Waals surface area contributed by atoms with Crippen LogP contribution >= 0.6 is 0 Å². The fourth-order valence-corrected chi connectivity index (χ4v) is 2.62. The summed E-state index contributed by atoms with van der Waals surface area (Å²) in [6.45, 7) is 2.28. The van der Waals surface area contributed by atoms with Crippen molar-refractivity contribution in [1.29, 1.82) is 0 Å². The second kappa shape index (κ2) is 8.31. The summed E-state index contributed by atoms with van der Waals surface area (Å²) < 4.78 is 6.45. The maximum atomic E-state index is 12.3. The minimum atomic E-state index is -0.267. The molecule has 138 valence electrons. The average molecular weight is 363 g/mol. The maximum absolute atomic E-state index is 12.3. The van der Waals surface area contributed by atoms with Gasteiger partial charge in [-0.05, 0) is 24.6 Å². The molecule has 0 bridgehead atoms. The Labute approximate surface area is 157 Å². The van der Waals surface area contributed by atoms with Crippen LogP contribution in [0.5, 0.6) is 5.75 Å². The van der Waals surface area contributed by atoms with Crippen molar-refractivity contribution < 1.29 is 9.53 Å². The largest absolute Gasteiger partial charge is 0.497 e. The molecule has 0 unspecified atom stereocenters. The molecule has 6 heteroatoms. The minimum absolute atomic E-state index is 0.0794. The topological polar surface area (TPSA) is 73.2 Å². The first-order chi connectivity index (χ1) is 13.0. The third-order valence-electron chi connectivity index (χ3n) is 4.16. The van der Waals surface area contributed by atoms with Gasteiger partial charge >= 0.3 is 0 Å². The van der Waals surface area contributed by atoms with Gasteiger partial charge in [-0.3, -0.25) is 14.2 Å². The van der Waals surface area contributed by atoms with Crippen LogP contribution in [-0.4, -0.2) is 22.6 Å². The molecule has 0 radical (unpaired) electrons. The van der Waals surface area contributed by atoms with Gasteiger partial charge in [0, 0.05) is 18.2 Å². The summed E-state index contributed by atoms with van der Waals surface area (Å²) in [5.41, 5.74) is 3.25. The van der Waals surface area contributed by atoms with Crippen LogP contribution in [0, 0.1) is 6.92 Å². The monoisotopic (exact) mass is 363 g/mol. The van der Waals surface area contributed by atoms with E-state index in [1.54, 1.807) is 7.11 Å². The number of carbonyl (C=O) groups excluding carboxylic acids is 1. The molecule has 6 nitrogen and oxygen atoms in total. The maximum Gasteiger partial charge on any atom is 0.254 e. The van der Waals surface area contributed by atoms with Gasteiger partial charge in [0.15, 0.2) is 0 Å². The number of carbonyl (C=O) groups is 1. The molecular formula is C21H21N3O3. The smallest absolute Gasteiger partial charge is 0.254 e. The molecule has 1 aromatic heterocycles. The Morgan fingerprint density at radius 2 is 1.93 bits per heavy atom. The van der Waals surface area contributed by atoms with Crippen molar-refractivity contribution >= 4 is 5.91 Å². The number of rotatable bonds is 6. The number of aryl methyl sites for hydroxylation is 1. The van der Waals surface area contributed by atoms with Gasteiger partial charge in [-0.2, -0.15) is 0 Å². The molecule has 27 heavy (non-hydrogen) atoms. The zero-order valence-electron chi connectivity index (χ0n) is 15.3. The molecule has 1 N–H and O–H groups in total. The van der Waals surface area contributed by atoms with Crippen molar-refractivity contribution in [3.05, 3.63) is 82.4 Å². The molecule has 0 fully saturated rings. The Morgan fingerprint density at radius 3 is 2.63 bits per heavy atom. The number of nitrogens with one attached hydrogen (secondary N) is 1. The molecule has 0 aliphatic rings. The molecule has 1 amide bonds. The first-order valence-electron chi connectivity index (χ1n) is 8.58. The van der Waals surface area contributed by atoms with E-state index in [1.807, 2.05) is 55.5 Å². The van der Waals surface area contributed by atoms with Gasteiger partial charge in [0.2, 0.25) is 5.91 Å². The lowest BCUT2D eigenvalue weighted by molar-refractivity contribution is -0.121. The van der Waals surface area contributed by atoms with Gasteiger partial charge in [0.25, 0.3) is 5.56 Å². The predicted octanol–water partition coefficient (Wildman–Crippen LogP) is 2.54. The molecule has 0 atom stereocenters. The van der Waals surface area contributed by atoms with Crippen molar-refractivity contribution in [2.24, 2.45) is 0 Å². The molecule has 0 spiro atoms. The lowest BCUT2D eigenvalue weighted by Crippen LogP contribution is -2.31. The van der Waals surface area contributed by atoms with Crippen molar-refractivity contribution in [3.63, 3.8) is 0 Å². The second-order valence-electron chi connectivity index (χ2n) is 6.23. The van der Waals surface area contributed by atoms with Crippen molar-refractivity contribution in [3.8, 4) is 17.0 Å². The summed E-state index contributed by atoms with van der Waals surface area (Å²) in [6.07, 6.45) is 1.41. The SMILES string of the molecule is COc1cccc(CNC(=O)Cn2cnc(-c3ccc(C)cc3)cc2=O)c1. The third-order valence-corrected chi connectivity index (χ3v) is 4.16. The van der Waals surface area contributed by atoms with E-state index in [1.165, 1.54) is 17.0 Å². The summed E-state index contributed by atoms with van der Waals surface area (Å²) in [5.74, 6) is 0.471. The number of aromatic nitrogens is 2. The molecule has 0 aliphatic heterocycles. The lowest BCUT2D eigenvalue weighted by atomic mass is 10.1. The molecule has 0 saturated carbocycles. The summed E-state index contributed by atoms with van der Waals surface area (Å²) in [6, 6.07) is 16.7. The van der Waals surface area contributed by atoms with Crippen LogP contribution in [-0.2, 0) is 17.9 Å². The highest BCUT2D eigenvalue weighted by Crippen LogP contribution is 2.15. The number of hydrogen-bond acceptors (Lipinski definition) is 4. The number of methoxy groups -OCH3 is 1. The first-order valence-corrected chi connectivity index (χ1v) is 8.58. The second-order valence-corrected chi connectivity index (χ2v) is 6.23. The number of ether oxygens (including phenoxy) is 1. The molecule has 0 aliphatic carbocycles. The number of nitrogens with zero attached hydrogens (tertiary/aromatic N) is 2. The lowest BCUT2D eigenvalue weighted by Gasteiger charge is -2.09. The molecule has 3 aromatic rings. The minimum Gasteiger partial charge on any atom is -0.497 e. The van der Waals surface area contributed by atoms with Crippen LogP contribution in [0.3, 0.4) is 0 Å². The Balaban J connectivity index is 1.64. The molecule has 2 aromatic carbocycles. The standard InChI is InChI=1S/C21H21N3O3/c1-15-6-8-17(9-7-15)19-11-21(26)24(14-23-19)13-20(25)22-12-16-4-3-5-18(10-16)27-2/h3-11,14H,12-13H2,1-2H3,(H,22,25). The van der Waals surface area contributed by atoms with E-state index in [0.717, 1.165) is 22.4 Å². The van der Waals surface area contributed by atoms with Gasteiger partial charge in [-0.1, -0.05) is 42.0 Å². The van der Waals surface area contributed by atoms with Crippen molar-refractivity contribution in [2.45, 2.75) is 20.0 Å². The highest BCUT2D eigenvalue weighted by Gasteiger charge is 2.07. The van der Waals surface area contributed by atoms with Gasteiger partial charge in [-0.15, -0.1) is 0 Å². The number of amides is 1. The highest BCUT2D eigenvalue weighted by molar-refractivity contribution is 5.75. The quantitative estimate of drug-likeness (QED) is 0.730. The first kappa shape index (κ1) is 18.4. The summed E-state index contributed by atoms with van der Waals surface area (Å²) >= 11 is 0. The average Bonchev–Trinajstić information content (AvgIpc) is 2.69. The molecular weight excluding hydrogens is 342 g/mol. The van der Waals surface area contributed by atoms with Crippen molar-refractivity contribution in [2.75, 3.05) is 7.11 Å². The Hall–Kier alpha value is -3.41. The predicted molar refractivity (Wildman–Crippen MR) is 104 cm³/mol. The third kappa shape index (κ3) is 4.82. The van der Waals surface area contributed by atoms with Gasteiger partial charge in [0.05, 0.1) is 19.1 Å². The van der Waals surface area contributed by atoms with Gasteiger partial charge in [0.1, 0.15) is 12.3 Å². The van der Waals surface area contributed by atoms with Crippen LogP contribution in [0.2, 0.25) is 0 Å². The normalized spacial score (nSPS) is 10.4. The van der Waals surface area contributed by atoms with E-state index in [9.17, 15) is 9.59 Å². The molecule has 3 rings (SSSR count). The van der Waals surface area contributed by atoms with Crippen LogP contribution in [0.1, 0.15) is 11.1 Å². The van der Waals surface area contributed by atoms with E-state index in [4.69, 9.17) is 4.74 Å². The molecule has 1 heterocycles. The fraction of sp³-hybridized carbons (Fsp3) is 0.190. The van der Waals surface area contributed by atoms with E-state index >= 15 is 0 Å². The summed E-state index contributed by atoms with van der Waals surface area (Å²) in [7, 11) is 1.59. The van der Waals surface area contributed by atoms with Gasteiger partial charge in [-0.25, -0.2) is 4.98 Å². The Bertz CT molecular complexity index is 994. The number of benzene rings is 2.